The highest BCUT2D eigenvalue weighted by Crippen LogP contribution is 2.30. The average molecular weight is 395 g/mol. The summed E-state index contributed by atoms with van der Waals surface area (Å²) in [5, 5.41) is 12.2. The van der Waals surface area contributed by atoms with E-state index in [-0.39, 0.29) is 5.91 Å². The molecule has 4 aromatic rings. The quantitative estimate of drug-likeness (QED) is 0.527. The maximum Gasteiger partial charge on any atom is 0.257 e. The number of carbonyl (C=O) groups is 1. The highest BCUT2D eigenvalue weighted by Gasteiger charge is 2.19. The number of rotatable bonds is 3. The van der Waals surface area contributed by atoms with Crippen molar-refractivity contribution in [2.45, 2.75) is 19.5 Å². The van der Waals surface area contributed by atoms with Crippen LogP contribution >= 0.6 is 22.7 Å². The Bertz CT molecular complexity index is 1130. The molecule has 1 unspecified atom stereocenters. The first-order chi connectivity index (χ1) is 13.2. The summed E-state index contributed by atoms with van der Waals surface area (Å²) >= 11 is 3.09. The molecule has 7 heteroatoms. The van der Waals surface area contributed by atoms with E-state index in [2.05, 4.69) is 33.2 Å². The van der Waals surface area contributed by atoms with Gasteiger partial charge in [-0.25, -0.2) is 4.98 Å². The number of carbonyl (C=O) groups excluding carboxylic acids is 1. The second-order valence-corrected chi connectivity index (χ2v) is 8.53. The molecule has 0 radical (unpaired) electrons. The van der Waals surface area contributed by atoms with E-state index < -0.39 is 0 Å². The van der Waals surface area contributed by atoms with E-state index in [1.54, 1.807) is 11.3 Å². The minimum Gasteiger partial charge on any atom is -0.339 e. The lowest BCUT2D eigenvalue weighted by atomic mass is 10.1. The summed E-state index contributed by atoms with van der Waals surface area (Å²) in [6.07, 6.45) is 0. The zero-order chi connectivity index (χ0) is 18.4. The number of thiazole rings is 1. The molecule has 136 valence electrons. The van der Waals surface area contributed by atoms with Gasteiger partial charge in [-0.15, -0.1) is 22.7 Å². The van der Waals surface area contributed by atoms with Crippen LogP contribution in [0.25, 0.3) is 21.5 Å². The van der Waals surface area contributed by atoms with Gasteiger partial charge in [0, 0.05) is 41.3 Å². The summed E-state index contributed by atoms with van der Waals surface area (Å²) in [6.45, 7) is 4.01. The van der Waals surface area contributed by atoms with Crippen LogP contribution in [0.3, 0.4) is 0 Å². The van der Waals surface area contributed by atoms with Crippen molar-refractivity contribution in [1.29, 1.82) is 0 Å². The van der Waals surface area contributed by atoms with E-state index in [0.717, 1.165) is 29.2 Å². The molecule has 0 spiro atoms. The third kappa shape index (κ3) is 2.97. The number of anilines is 1. The molecule has 0 bridgehead atoms. The molecule has 5 rings (SSSR count). The fourth-order valence-electron chi connectivity index (χ4n) is 3.61. The first-order valence-electron chi connectivity index (χ1n) is 8.84. The molecule has 1 amide bonds. The molecule has 0 aliphatic carbocycles. The van der Waals surface area contributed by atoms with Crippen molar-refractivity contribution in [2.24, 2.45) is 0 Å². The molecule has 0 fully saturated rings. The zero-order valence-corrected chi connectivity index (χ0v) is 16.4. The SMILES string of the molecule is CC1CNCc2cc3ccc(C(=O)Nc4nc(-c5cccs5)cs4)cc3n21. The Labute approximate surface area is 164 Å². The van der Waals surface area contributed by atoms with Gasteiger partial charge >= 0.3 is 0 Å². The van der Waals surface area contributed by atoms with Crippen molar-refractivity contribution in [2.75, 3.05) is 11.9 Å². The van der Waals surface area contributed by atoms with Gasteiger partial charge < -0.3 is 9.88 Å². The van der Waals surface area contributed by atoms with Gasteiger partial charge in [-0.1, -0.05) is 12.1 Å². The molecule has 5 nitrogen and oxygen atoms in total. The topological polar surface area (TPSA) is 59.0 Å². The van der Waals surface area contributed by atoms with E-state index in [4.69, 9.17) is 0 Å². The minimum atomic E-state index is -0.124. The molecule has 1 atom stereocenters. The lowest BCUT2D eigenvalue weighted by Crippen LogP contribution is -2.30. The van der Waals surface area contributed by atoms with Crippen molar-refractivity contribution < 1.29 is 4.79 Å². The molecule has 0 saturated carbocycles. The molecule has 1 aromatic carbocycles. The zero-order valence-electron chi connectivity index (χ0n) is 14.7. The van der Waals surface area contributed by atoms with Crippen LogP contribution in [0, 0.1) is 0 Å². The number of amides is 1. The van der Waals surface area contributed by atoms with E-state index in [1.807, 2.05) is 41.1 Å². The Morgan fingerprint density at radius 3 is 3.07 bits per heavy atom. The minimum absolute atomic E-state index is 0.124. The second-order valence-electron chi connectivity index (χ2n) is 6.73. The summed E-state index contributed by atoms with van der Waals surface area (Å²) in [7, 11) is 0. The summed E-state index contributed by atoms with van der Waals surface area (Å²) in [4.78, 5) is 18.4. The number of aromatic nitrogens is 2. The Balaban J connectivity index is 1.43. The van der Waals surface area contributed by atoms with Crippen LogP contribution in [-0.2, 0) is 6.54 Å². The molecule has 27 heavy (non-hydrogen) atoms. The molecular weight excluding hydrogens is 376 g/mol. The smallest absolute Gasteiger partial charge is 0.257 e. The fraction of sp³-hybridized carbons (Fsp3) is 0.200. The van der Waals surface area contributed by atoms with Gasteiger partial charge in [0.25, 0.3) is 5.91 Å². The van der Waals surface area contributed by atoms with Crippen molar-refractivity contribution in [3.05, 3.63) is 58.4 Å². The van der Waals surface area contributed by atoms with Crippen molar-refractivity contribution in [1.82, 2.24) is 14.9 Å². The fourth-order valence-corrected chi connectivity index (χ4v) is 5.08. The van der Waals surface area contributed by atoms with Crippen LogP contribution < -0.4 is 10.6 Å². The van der Waals surface area contributed by atoms with E-state index in [9.17, 15) is 4.79 Å². The second kappa shape index (κ2) is 6.60. The number of hydrogen-bond acceptors (Lipinski definition) is 5. The van der Waals surface area contributed by atoms with Crippen LogP contribution in [0.4, 0.5) is 5.13 Å². The monoisotopic (exact) mass is 394 g/mol. The molecule has 1 aliphatic rings. The Morgan fingerprint density at radius 2 is 2.22 bits per heavy atom. The van der Waals surface area contributed by atoms with Gasteiger partial charge in [-0.2, -0.15) is 0 Å². The van der Waals surface area contributed by atoms with Crippen molar-refractivity contribution in [3.8, 4) is 10.6 Å². The highest BCUT2D eigenvalue weighted by atomic mass is 32.1. The summed E-state index contributed by atoms with van der Waals surface area (Å²) in [5.74, 6) is -0.124. The Morgan fingerprint density at radius 1 is 1.30 bits per heavy atom. The van der Waals surface area contributed by atoms with Crippen molar-refractivity contribution in [3.63, 3.8) is 0 Å². The lowest BCUT2D eigenvalue weighted by molar-refractivity contribution is 0.102. The van der Waals surface area contributed by atoms with Gasteiger partial charge in [0.1, 0.15) is 0 Å². The molecule has 0 saturated heterocycles. The first kappa shape index (κ1) is 16.7. The first-order valence-corrected chi connectivity index (χ1v) is 10.6. The van der Waals surface area contributed by atoms with E-state index in [1.165, 1.54) is 22.4 Å². The molecular formula is C20H18N4OS2. The third-order valence-corrected chi connectivity index (χ3v) is 6.52. The lowest BCUT2D eigenvalue weighted by Gasteiger charge is -2.24. The third-order valence-electron chi connectivity index (χ3n) is 4.87. The number of fused-ring (bicyclic) bond motifs is 3. The average Bonchev–Trinajstić information content (AvgIpc) is 3.40. The maximum absolute atomic E-state index is 12.8. The molecule has 3 aromatic heterocycles. The van der Waals surface area contributed by atoms with Crippen LogP contribution in [0.1, 0.15) is 29.0 Å². The van der Waals surface area contributed by atoms with Gasteiger partial charge in [0.15, 0.2) is 5.13 Å². The highest BCUT2D eigenvalue weighted by molar-refractivity contribution is 7.16. The summed E-state index contributed by atoms with van der Waals surface area (Å²) in [5.41, 5.74) is 3.94. The van der Waals surface area contributed by atoms with Crippen LogP contribution in [0.5, 0.6) is 0 Å². The standard InChI is InChI=1S/C20H18N4OS2/c1-12-9-21-10-15-7-13-4-5-14(8-17(13)24(12)15)19(25)23-20-22-16(11-27-20)18-3-2-6-26-18/h2-8,11-12,21H,9-10H2,1H3,(H,22,23,25). The normalized spacial score (nSPS) is 16.4. The molecule has 1 aliphatic heterocycles. The van der Waals surface area contributed by atoms with Gasteiger partial charge in [-0.05, 0) is 42.0 Å². The van der Waals surface area contributed by atoms with Crippen LogP contribution in [-0.4, -0.2) is 22.0 Å². The van der Waals surface area contributed by atoms with Crippen molar-refractivity contribution >= 4 is 44.6 Å². The number of thiophene rings is 1. The largest absolute Gasteiger partial charge is 0.339 e. The van der Waals surface area contributed by atoms with Crippen LogP contribution in [0.15, 0.2) is 47.2 Å². The van der Waals surface area contributed by atoms with Crippen LogP contribution in [0.2, 0.25) is 0 Å². The number of nitrogens with one attached hydrogen (secondary N) is 2. The number of nitrogens with zero attached hydrogens (tertiary/aromatic N) is 2. The predicted octanol–water partition coefficient (Wildman–Crippen LogP) is 4.74. The molecule has 2 N–H and O–H groups in total. The maximum atomic E-state index is 12.8. The van der Waals surface area contributed by atoms with E-state index in [0.29, 0.717) is 16.7 Å². The van der Waals surface area contributed by atoms with Gasteiger partial charge in [-0.3, -0.25) is 10.1 Å². The summed E-state index contributed by atoms with van der Waals surface area (Å²) < 4.78 is 2.33. The van der Waals surface area contributed by atoms with Gasteiger partial charge in [0.05, 0.1) is 10.6 Å². The number of benzene rings is 1. The van der Waals surface area contributed by atoms with Gasteiger partial charge in [0.2, 0.25) is 0 Å². The van der Waals surface area contributed by atoms with E-state index >= 15 is 0 Å². The summed E-state index contributed by atoms with van der Waals surface area (Å²) in [6, 6.07) is 12.5. The Hall–Kier alpha value is -2.48. The molecule has 4 heterocycles. The number of hydrogen-bond donors (Lipinski definition) is 2. The predicted molar refractivity (Wildman–Crippen MR) is 112 cm³/mol. The Kier molecular flexibility index (Phi) is 4.07.